The lowest BCUT2D eigenvalue weighted by molar-refractivity contribution is 0.00578. The van der Waals surface area contributed by atoms with Gasteiger partial charge in [-0.3, -0.25) is 0 Å². The van der Waals surface area contributed by atoms with E-state index >= 15 is 0 Å². The van der Waals surface area contributed by atoms with Crippen LogP contribution in [0.25, 0.3) is 0 Å². The van der Waals surface area contributed by atoms with Gasteiger partial charge in [0.15, 0.2) is 5.60 Å². The quantitative estimate of drug-likeness (QED) is 0.292. The van der Waals surface area contributed by atoms with E-state index in [-0.39, 0.29) is 0 Å². The average Bonchev–Trinajstić information content (AvgIpc) is 3.46. The number of rotatable bonds is 5. The van der Waals surface area contributed by atoms with Crippen molar-refractivity contribution in [1.29, 1.82) is 0 Å². The van der Waals surface area contributed by atoms with Crippen LogP contribution in [0.15, 0.2) is 103 Å². The van der Waals surface area contributed by atoms with E-state index in [1.165, 1.54) is 4.68 Å². The Labute approximate surface area is 212 Å². The van der Waals surface area contributed by atoms with Crippen LogP contribution in [0.4, 0.5) is 4.79 Å². The van der Waals surface area contributed by atoms with Crippen molar-refractivity contribution in [3.8, 4) is 0 Å². The summed E-state index contributed by atoms with van der Waals surface area (Å²) in [5.41, 5.74) is 0.955. The molecule has 182 valence electrons. The molecule has 7 heteroatoms. The van der Waals surface area contributed by atoms with Crippen molar-refractivity contribution in [2.24, 2.45) is 0 Å². The van der Waals surface area contributed by atoms with Gasteiger partial charge in [0.1, 0.15) is 0 Å². The molecule has 5 rings (SSSR count). The standard InChI is InChI=1S/C29H29BN2O4/c1-27(2)28(3,4)36-30(35-27)25-20-31-32(21-25)26(33)34-29(22-14-8-5-9-15-22,23-16-10-6-11-17-23)24-18-12-7-13-19-24/h5-21H,1-4H3. The van der Waals surface area contributed by atoms with E-state index in [0.29, 0.717) is 5.46 Å². The second kappa shape index (κ2) is 9.08. The molecule has 1 aromatic heterocycles. The lowest BCUT2D eigenvalue weighted by Gasteiger charge is -2.35. The van der Waals surface area contributed by atoms with Gasteiger partial charge in [-0.05, 0) is 27.7 Å². The van der Waals surface area contributed by atoms with E-state index in [9.17, 15) is 4.79 Å². The zero-order chi connectivity index (χ0) is 25.4. The number of benzene rings is 3. The summed E-state index contributed by atoms with van der Waals surface area (Å²) >= 11 is 0. The Morgan fingerprint density at radius 2 is 1.19 bits per heavy atom. The van der Waals surface area contributed by atoms with Crippen LogP contribution in [-0.2, 0) is 19.6 Å². The Morgan fingerprint density at radius 1 is 0.778 bits per heavy atom. The van der Waals surface area contributed by atoms with Crippen LogP contribution in [0.1, 0.15) is 44.4 Å². The number of ether oxygens (including phenoxy) is 1. The lowest BCUT2D eigenvalue weighted by atomic mass is 9.80. The second-order valence-electron chi connectivity index (χ2n) is 9.95. The van der Waals surface area contributed by atoms with Crippen molar-refractivity contribution in [2.75, 3.05) is 0 Å². The molecule has 0 saturated carbocycles. The first-order chi connectivity index (χ1) is 17.2. The summed E-state index contributed by atoms with van der Waals surface area (Å²) in [4.78, 5) is 13.7. The Kier molecular flexibility index (Phi) is 6.06. The number of hydrogen-bond donors (Lipinski definition) is 0. The van der Waals surface area contributed by atoms with Crippen LogP contribution in [0, 0.1) is 0 Å². The van der Waals surface area contributed by atoms with E-state index in [1.54, 1.807) is 12.4 Å². The molecule has 0 aliphatic carbocycles. The fourth-order valence-corrected chi connectivity index (χ4v) is 4.41. The number of hydrogen-bond acceptors (Lipinski definition) is 5. The molecule has 1 saturated heterocycles. The molecule has 36 heavy (non-hydrogen) atoms. The normalized spacial score (nSPS) is 16.6. The third-order valence-corrected chi connectivity index (χ3v) is 7.10. The van der Waals surface area contributed by atoms with Gasteiger partial charge in [-0.25, -0.2) is 4.79 Å². The van der Waals surface area contributed by atoms with Crippen LogP contribution in [0.2, 0.25) is 0 Å². The molecule has 1 aliphatic heterocycles. The van der Waals surface area contributed by atoms with Crippen molar-refractivity contribution in [1.82, 2.24) is 9.78 Å². The number of carbonyl (C=O) groups excluding carboxylic acids is 1. The molecule has 0 bridgehead atoms. The summed E-state index contributed by atoms with van der Waals surface area (Å²) in [5.74, 6) is 0. The van der Waals surface area contributed by atoms with Crippen LogP contribution in [0.5, 0.6) is 0 Å². The van der Waals surface area contributed by atoms with Crippen molar-refractivity contribution >= 4 is 18.7 Å². The minimum absolute atomic E-state index is 0.497. The van der Waals surface area contributed by atoms with E-state index < -0.39 is 30.0 Å². The topological polar surface area (TPSA) is 62.6 Å². The molecule has 1 fully saturated rings. The molecule has 2 heterocycles. The molecule has 6 nitrogen and oxygen atoms in total. The molecule has 4 aromatic rings. The van der Waals surface area contributed by atoms with Crippen molar-refractivity contribution in [2.45, 2.75) is 44.5 Å². The second-order valence-corrected chi connectivity index (χ2v) is 9.95. The molecule has 0 amide bonds. The zero-order valence-electron chi connectivity index (χ0n) is 20.9. The van der Waals surface area contributed by atoms with Gasteiger partial charge < -0.3 is 14.0 Å². The highest BCUT2D eigenvalue weighted by molar-refractivity contribution is 6.62. The maximum atomic E-state index is 13.7. The third-order valence-electron chi connectivity index (χ3n) is 7.10. The highest BCUT2D eigenvalue weighted by Crippen LogP contribution is 2.41. The van der Waals surface area contributed by atoms with Crippen LogP contribution in [0.3, 0.4) is 0 Å². The van der Waals surface area contributed by atoms with Gasteiger partial charge in [0, 0.05) is 34.5 Å². The minimum atomic E-state index is -1.18. The molecule has 0 N–H and O–H groups in total. The number of nitrogens with zero attached hydrogens (tertiary/aromatic N) is 2. The molecular weight excluding hydrogens is 451 g/mol. The third kappa shape index (κ3) is 4.14. The zero-order valence-corrected chi connectivity index (χ0v) is 20.9. The number of aromatic nitrogens is 2. The molecule has 0 spiro atoms. The van der Waals surface area contributed by atoms with Gasteiger partial charge >= 0.3 is 13.2 Å². The van der Waals surface area contributed by atoms with Crippen LogP contribution >= 0.6 is 0 Å². The smallest absolute Gasteiger partial charge is 0.426 e. The van der Waals surface area contributed by atoms with Crippen molar-refractivity contribution in [3.05, 3.63) is 120 Å². The SMILES string of the molecule is CC1(C)OB(c2cnn(C(=O)OC(c3ccccc3)(c3ccccc3)c3ccccc3)c2)OC1(C)C. The molecule has 0 atom stereocenters. The highest BCUT2D eigenvalue weighted by Gasteiger charge is 2.52. The highest BCUT2D eigenvalue weighted by atomic mass is 16.7. The average molecular weight is 480 g/mol. The van der Waals surface area contributed by atoms with Gasteiger partial charge in [-0.15, -0.1) is 0 Å². The fourth-order valence-electron chi connectivity index (χ4n) is 4.41. The summed E-state index contributed by atoms with van der Waals surface area (Å²) in [6.07, 6.45) is 2.57. The summed E-state index contributed by atoms with van der Waals surface area (Å²) < 4.78 is 19.9. The maximum absolute atomic E-state index is 13.7. The first kappa shape index (κ1) is 24.0. The van der Waals surface area contributed by atoms with Crippen LogP contribution < -0.4 is 5.46 Å². The fraction of sp³-hybridized carbons (Fsp3) is 0.241. The van der Waals surface area contributed by atoms with Crippen molar-refractivity contribution in [3.63, 3.8) is 0 Å². The summed E-state index contributed by atoms with van der Waals surface area (Å²) in [6, 6.07) is 29.2. The molecule has 0 unspecified atom stereocenters. The predicted octanol–water partition coefficient (Wildman–Crippen LogP) is 5.16. The first-order valence-corrected chi connectivity index (χ1v) is 12.0. The molecule has 3 aromatic carbocycles. The van der Waals surface area contributed by atoms with Gasteiger partial charge in [-0.2, -0.15) is 9.78 Å². The summed E-state index contributed by atoms with van der Waals surface area (Å²) in [5, 5.41) is 4.30. The Balaban J connectivity index is 1.55. The predicted molar refractivity (Wildman–Crippen MR) is 139 cm³/mol. The van der Waals surface area contributed by atoms with Gasteiger partial charge in [0.05, 0.1) is 11.2 Å². The van der Waals surface area contributed by atoms with E-state index in [4.69, 9.17) is 14.0 Å². The molecule has 0 radical (unpaired) electrons. The first-order valence-electron chi connectivity index (χ1n) is 12.0. The maximum Gasteiger partial charge on any atom is 0.498 e. The summed E-state index contributed by atoms with van der Waals surface area (Å²) in [7, 11) is -0.626. The Morgan fingerprint density at radius 3 is 1.61 bits per heavy atom. The van der Waals surface area contributed by atoms with Crippen molar-refractivity contribution < 1.29 is 18.8 Å². The summed E-state index contributed by atoms with van der Waals surface area (Å²) in [6.45, 7) is 7.94. The van der Waals surface area contributed by atoms with E-state index in [2.05, 4.69) is 5.10 Å². The van der Waals surface area contributed by atoms with Gasteiger partial charge in [0.25, 0.3) is 0 Å². The molecule has 1 aliphatic rings. The number of carbonyl (C=O) groups is 1. The Hall–Kier alpha value is -3.68. The van der Waals surface area contributed by atoms with E-state index in [1.807, 2.05) is 119 Å². The van der Waals surface area contributed by atoms with E-state index in [0.717, 1.165) is 16.7 Å². The monoisotopic (exact) mass is 480 g/mol. The van der Waals surface area contributed by atoms with Gasteiger partial charge in [-0.1, -0.05) is 91.0 Å². The largest absolute Gasteiger partial charge is 0.498 e. The van der Waals surface area contributed by atoms with Gasteiger partial charge in [0.2, 0.25) is 0 Å². The van der Waals surface area contributed by atoms with Crippen LogP contribution in [-0.4, -0.2) is 34.2 Å². The Bertz CT molecular complexity index is 1220. The lowest BCUT2D eigenvalue weighted by Crippen LogP contribution is -2.41. The molecular formula is C29H29BN2O4. The minimum Gasteiger partial charge on any atom is -0.426 e.